The summed E-state index contributed by atoms with van der Waals surface area (Å²) in [6.07, 6.45) is 5.28. The van der Waals surface area contributed by atoms with Crippen LogP contribution in [0.4, 0.5) is 0 Å². The molecule has 0 aromatic carbocycles. The first-order valence-electron chi connectivity index (χ1n) is 4.34. The molecule has 0 bridgehead atoms. The molecule has 0 radical (unpaired) electrons. The third-order valence-corrected chi connectivity index (χ3v) is 2.28. The Balaban J connectivity index is 0.000001000. The Hall–Kier alpha value is 0.210. The van der Waals surface area contributed by atoms with E-state index in [0.717, 1.165) is 12.5 Å². The van der Waals surface area contributed by atoms with Crippen molar-refractivity contribution in [3.8, 4) is 0 Å². The van der Waals surface area contributed by atoms with Crippen molar-refractivity contribution in [1.29, 1.82) is 0 Å². The van der Waals surface area contributed by atoms with E-state index in [1.165, 1.54) is 38.8 Å². The Morgan fingerprint density at radius 2 is 1.91 bits per heavy atom. The van der Waals surface area contributed by atoms with Crippen molar-refractivity contribution in [3.63, 3.8) is 0 Å². The number of nitrogens with one attached hydrogen (secondary N) is 1. The van der Waals surface area contributed by atoms with Gasteiger partial charge in [-0.2, -0.15) is 0 Å². The third kappa shape index (κ3) is 4.62. The van der Waals surface area contributed by atoms with E-state index in [-0.39, 0.29) is 12.4 Å². The van der Waals surface area contributed by atoms with E-state index < -0.39 is 0 Å². The molecule has 0 amide bonds. The first-order chi connectivity index (χ1) is 4.93. The van der Waals surface area contributed by atoms with Crippen LogP contribution in [0, 0.1) is 5.92 Å². The Morgan fingerprint density at radius 3 is 2.45 bits per heavy atom. The van der Waals surface area contributed by atoms with Crippen molar-refractivity contribution in [2.75, 3.05) is 19.6 Å². The van der Waals surface area contributed by atoms with Crippen molar-refractivity contribution in [3.05, 3.63) is 0 Å². The lowest BCUT2D eigenvalue weighted by molar-refractivity contribution is 0.349. The van der Waals surface area contributed by atoms with Gasteiger partial charge in [0.15, 0.2) is 0 Å². The van der Waals surface area contributed by atoms with Crippen LogP contribution in [0.1, 0.15) is 25.7 Å². The van der Waals surface area contributed by atoms with Gasteiger partial charge in [-0.1, -0.05) is 0 Å². The molecule has 0 aromatic rings. The van der Waals surface area contributed by atoms with E-state index in [4.69, 9.17) is 5.73 Å². The number of hydrogen-bond acceptors (Lipinski definition) is 2. The van der Waals surface area contributed by atoms with Crippen LogP contribution in [-0.4, -0.2) is 19.6 Å². The molecule has 2 nitrogen and oxygen atoms in total. The maximum atomic E-state index is 5.43. The van der Waals surface area contributed by atoms with Crippen LogP contribution in [0.2, 0.25) is 0 Å². The predicted molar refractivity (Wildman–Crippen MR) is 51.1 cm³/mol. The molecule has 1 aliphatic rings. The first-order valence-corrected chi connectivity index (χ1v) is 4.34. The van der Waals surface area contributed by atoms with Crippen LogP contribution in [0.25, 0.3) is 0 Å². The van der Waals surface area contributed by atoms with Crippen LogP contribution >= 0.6 is 12.4 Å². The van der Waals surface area contributed by atoms with E-state index in [9.17, 15) is 0 Å². The minimum absolute atomic E-state index is 0. The SMILES string of the molecule is Cl.NCCCC1CCNCC1. The van der Waals surface area contributed by atoms with E-state index in [1.807, 2.05) is 0 Å². The lowest BCUT2D eigenvalue weighted by Gasteiger charge is -2.21. The molecule has 1 rings (SSSR count). The highest BCUT2D eigenvalue weighted by Crippen LogP contribution is 2.16. The van der Waals surface area contributed by atoms with Gasteiger partial charge in [-0.15, -0.1) is 12.4 Å². The number of piperidine rings is 1. The van der Waals surface area contributed by atoms with E-state index in [2.05, 4.69) is 5.32 Å². The predicted octanol–water partition coefficient (Wildman–Crippen LogP) is 1.15. The highest BCUT2D eigenvalue weighted by Gasteiger charge is 2.11. The fourth-order valence-corrected chi connectivity index (χ4v) is 1.58. The number of rotatable bonds is 3. The molecule has 0 atom stereocenters. The maximum Gasteiger partial charge on any atom is -0.00463 e. The van der Waals surface area contributed by atoms with Gasteiger partial charge in [-0.25, -0.2) is 0 Å². The third-order valence-electron chi connectivity index (χ3n) is 2.28. The lowest BCUT2D eigenvalue weighted by Crippen LogP contribution is -2.27. The fourth-order valence-electron chi connectivity index (χ4n) is 1.58. The highest BCUT2D eigenvalue weighted by atomic mass is 35.5. The van der Waals surface area contributed by atoms with Crippen LogP contribution < -0.4 is 11.1 Å². The van der Waals surface area contributed by atoms with Crippen molar-refractivity contribution in [2.24, 2.45) is 11.7 Å². The zero-order valence-electron chi connectivity index (χ0n) is 7.01. The first kappa shape index (κ1) is 11.2. The van der Waals surface area contributed by atoms with Gasteiger partial charge in [0.2, 0.25) is 0 Å². The summed E-state index contributed by atoms with van der Waals surface area (Å²) in [5.41, 5.74) is 5.43. The molecule has 0 unspecified atom stereocenters. The summed E-state index contributed by atoms with van der Waals surface area (Å²) in [6, 6.07) is 0. The molecular formula is C8H19ClN2. The zero-order valence-corrected chi connectivity index (χ0v) is 7.83. The summed E-state index contributed by atoms with van der Waals surface area (Å²) in [7, 11) is 0. The molecule has 11 heavy (non-hydrogen) atoms. The van der Waals surface area contributed by atoms with Crippen LogP contribution in [0.5, 0.6) is 0 Å². The van der Waals surface area contributed by atoms with Gasteiger partial charge >= 0.3 is 0 Å². The topological polar surface area (TPSA) is 38.0 Å². The molecule has 3 heteroatoms. The molecule has 68 valence electrons. The van der Waals surface area contributed by atoms with Crippen LogP contribution in [-0.2, 0) is 0 Å². The molecule has 1 aliphatic heterocycles. The van der Waals surface area contributed by atoms with Crippen molar-refractivity contribution < 1.29 is 0 Å². The summed E-state index contributed by atoms with van der Waals surface area (Å²) in [5.74, 6) is 0.963. The number of nitrogens with two attached hydrogens (primary N) is 1. The second kappa shape index (κ2) is 6.89. The molecule has 1 heterocycles. The largest absolute Gasteiger partial charge is 0.330 e. The Bertz CT molecular complexity index is 82.2. The van der Waals surface area contributed by atoms with Crippen molar-refractivity contribution in [1.82, 2.24) is 5.32 Å². The summed E-state index contributed by atoms with van der Waals surface area (Å²) in [5, 5.41) is 3.36. The molecular weight excluding hydrogens is 160 g/mol. The minimum Gasteiger partial charge on any atom is -0.330 e. The van der Waals surface area contributed by atoms with Crippen molar-refractivity contribution >= 4 is 12.4 Å². The molecule has 1 fully saturated rings. The van der Waals surface area contributed by atoms with Gasteiger partial charge in [0, 0.05) is 0 Å². The van der Waals surface area contributed by atoms with Gasteiger partial charge in [-0.05, 0) is 51.2 Å². The summed E-state index contributed by atoms with van der Waals surface area (Å²) >= 11 is 0. The normalized spacial score (nSPS) is 19.4. The van der Waals surface area contributed by atoms with Crippen molar-refractivity contribution in [2.45, 2.75) is 25.7 Å². The van der Waals surface area contributed by atoms with Crippen LogP contribution in [0.15, 0.2) is 0 Å². The highest BCUT2D eigenvalue weighted by molar-refractivity contribution is 5.85. The van der Waals surface area contributed by atoms with Gasteiger partial charge in [0.1, 0.15) is 0 Å². The summed E-state index contributed by atoms with van der Waals surface area (Å²) < 4.78 is 0. The summed E-state index contributed by atoms with van der Waals surface area (Å²) in [4.78, 5) is 0. The van der Waals surface area contributed by atoms with Gasteiger partial charge in [-0.3, -0.25) is 0 Å². The van der Waals surface area contributed by atoms with Gasteiger partial charge in [0.05, 0.1) is 0 Å². The molecule has 0 saturated carbocycles. The molecule has 3 N–H and O–H groups in total. The van der Waals surface area contributed by atoms with E-state index in [1.54, 1.807) is 0 Å². The fraction of sp³-hybridized carbons (Fsp3) is 1.00. The number of hydrogen-bond donors (Lipinski definition) is 2. The molecule has 0 spiro atoms. The van der Waals surface area contributed by atoms with E-state index >= 15 is 0 Å². The zero-order chi connectivity index (χ0) is 7.23. The minimum atomic E-state index is 0. The second-order valence-electron chi connectivity index (χ2n) is 3.12. The van der Waals surface area contributed by atoms with Gasteiger partial charge < -0.3 is 11.1 Å². The lowest BCUT2D eigenvalue weighted by atomic mass is 9.93. The quantitative estimate of drug-likeness (QED) is 0.681. The smallest absolute Gasteiger partial charge is 0.00463 e. The summed E-state index contributed by atoms with van der Waals surface area (Å²) in [6.45, 7) is 3.30. The average molecular weight is 179 g/mol. The Morgan fingerprint density at radius 1 is 1.27 bits per heavy atom. The second-order valence-corrected chi connectivity index (χ2v) is 3.12. The maximum absolute atomic E-state index is 5.43. The Labute approximate surface area is 75.3 Å². The standard InChI is InChI=1S/C8H18N2.ClH/c9-5-1-2-8-3-6-10-7-4-8;/h8,10H,1-7,9H2;1H. The molecule has 1 saturated heterocycles. The van der Waals surface area contributed by atoms with Gasteiger partial charge in [0.25, 0.3) is 0 Å². The average Bonchev–Trinajstić information content (AvgIpc) is 2.03. The molecule has 0 aliphatic carbocycles. The van der Waals surface area contributed by atoms with Crippen LogP contribution in [0.3, 0.4) is 0 Å². The number of halogens is 1. The Kier molecular flexibility index (Phi) is 7.02. The van der Waals surface area contributed by atoms with E-state index in [0.29, 0.717) is 0 Å². The molecule has 0 aromatic heterocycles. The monoisotopic (exact) mass is 178 g/mol.